The second-order valence-corrected chi connectivity index (χ2v) is 3.77. The highest BCUT2D eigenvalue weighted by atomic mass is 16.5. The number of nitrogens with zero attached hydrogens (tertiary/aromatic N) is 3. The minimum atomic E-state index is -0.204. The predicted molar refractivity (Wildman–Crippen MR) is 57.0 cm³/mol. The van der Waals surface area contributed by atoms with Gasteiger partial charge in [-0.15, -0.1) is 0 Å². The van der Waals surface area contributed by atoms with Crippen molar-refractivity contribution in [3.05, 3.63) is 17.8 Å². The Balaban J connectivity index is 2.48. The maximum absolute atomic E-state index is 11.8. The second-order valence-electron chi connectivity index (χ2n) is 3.77. The summed E-state index contributed by atoms with van der Waals surface area (Å²) in [6.45, 7) is 2.11. The Bertz CT molecular complexity index is 479. The van der Waals surface area contributed by atoms with Crippen LogP contribution in [0.2, 0.25) is 0 Å². The van der Waals surface area contributed by atoms with Crippen molar-refractivity contribution in [1.29, 1.82) is 5.26 Å². The molecule has 1 unspecified atom stereocenters. The van der Waals surface area contributed by atoms with E-state index in [9.17, 15) is 4.79 Å². The third-order valence-electron chi connectivity index (χ3n) is 2.52. The molecule has 0 aromatic carbocycles. The molecule has 0 saturated carbocycles. The van der Waals surface area contributed by atoms with Crippen LogP contribution in [0.3, 0.4) is 0 Å². The van der Waals surface area contributed by atoms with Crippen molar-refractivity contribution in [3.63, 3.8) is 0 Å². The first-order valence-electron chi connectivity index (χ1n) is 4.94. The zero-order chi connectivity index (χ0) is 11.7. The zero-order valence-corrected chi connectivity index (χ0v) is 9.10. The molecule has 5 heteroatoms. The Morgan fingerprint density at radius 1 is 1.69 bits per heavy atom. The van der Waals surface area contributed by atoms with E-state index in [-0.39, 0.29) is 11.8 Å². The van der Waals surface area contributed by atoms with Crippen LogP contribution >= 0.6 is 0 Å². The minimum absolute atomic E-state index is 0.0315. The van der Waals surface area contributed by atoms with Gasteiger partial charge in [0.25, 0.3) is 0 Å². The summed E-state index contributed by atoms with van der Waals surface area (Å²) in [5.74, 6) is 0.716. The average Bonchev–Trinajstić information content (AvgIpc) is 2.42. The molecule has 1 aromatic rings. The van der Waals surface area contributed by atoms with Gasteiger partial charge in [-0.25, -0.2) is 4.98 Å². The van der Waals surface area contributed by atoms with E-state index in [0.29, 0.717) is 23.7 Å². The normalized spacial score (nSPS) is 19.4. The van der Waals surface area contributed by atoms with E-state index in [1.165, 1.54) is 11.1 Å². The molecule has 2 rings (SSSR count). The molecule has 0 saturated heterocycles. The molecule has 1 aromatic heterocycles. The van der Waals surface area contributed by atoms with E-state index in [4.69, 9.17) is 10.00 Å². The lowest BCUT2D eigenvalue weighted by Crippen LogP contribution is -2.32. The topological polar surface area (TPSA) is 66.2 Å². The van der Waals surface area contributed by atoms with Crippen LogP contribution in [0.4, 0.5) is 5.82 Å². The number of ether oxygens (including phenoxy) is 1. The van der Waals surface area contributed by atoms with E-state index in [1.807, 2.05) is 6.07 Å². The maximum atomic E-state index is 11.8. The van der Waals surface area contributed by atoms with Crippen LogP contribution in [0.5, 0.6) is 5.75 Å². The van der Waals surface area contributed by atoms with Crippen LogP contribution in [-0.4, -0.2) is 24.5 Å². The van der Waals surface area contributed by atoms with E-state index < -0.39 is 0 Å². The standard InChI is InChI=1S/C11H11N3O2/c1-7-6-16-9-3-8(4-12)5-13-10(9)14(2)11(7)15/h3,5,7H,6H2,1-2H3. The number of rotatable bonds is 0. The fourth-order valence-electron chi connectivity index (χ4n) is 1.58. The van der Waals surface area contributed by atoms with Crippen LogP contribution in [-0.2, 0) is 4.79 Å². The van der Waals surface area contributed by atoms with Gasteiger partial charge < -0.3 is 4.74 Å². The van der Waals surface area contributed by atoms with Crippen LogP contribution in [0.15, 0.2) is 12.3 Å². The number of amides is 1. The summed E-state index contributed by atoms with van der Waals surface area (Å²) in [4.78, 5) is 17.3. The summed E-state index contributed by atoms with van der Waals surface area (Å²) in [7, 11) is 1.66. The maximum Gasteiger partial charge on any atom is 0.234 e. The molecule has 1 aliphatic rings. The van der Waals surface area contributed by atoms with Gasteiger partial charge in [0, 0.05) is 19.3 Å². The van der Waals surface area contributed by atoms with Gasteiger partial charge in [-0.2, -0.15) is 5.26 Å². The Morgan fingerprint density at radius 3 is 3.12 bits per heavy atom. The van der Waals surface area contributed by atoms with Gasteiger partial charge in [-0.05, 0) is 0 Å². The van der Waals surface area contributed by atoms with Gasteiger partial charge in [0.05, 0.1) is 18.1 Å². The van der Waals surface area contributed by atoms with Crippen molar-refractivity contribution in [3.8, 4) is 11.8 Å². The highest BCUT2D eigenvalue weighted by Gasteiger charge is 2.27. The van der Waals surface area contributed by atoms with Crippen molar-refractivity contribution in [1.82, 2.24) is 4.98 Å². The zero-order valence-electron chi connectivity index (χ0n) is 9.10. The van der Waals surface area contributed by atoms with Crippen molar-refractivity contribution >= 4 is 11.7 Å². The summed E-state index contributed by atoms with van der Waals surface area (Å²) in [6.07, 6.45) is 1.43. The fraction of sp³-hybridized carbons (Fsp3) is 0.364. The molecule has 2 heterocycles. The summed E-state index contributed by atoms with van der Waals surface area (Å²) in [5, 5.41) is 8.75. The van der Waals surface area contributed by atoms with E-state index in [2.05, 4.69) is 4.98 Å². The third-order valence-corrected chi connectivity index (χ3v) is 2.52. The van der Waals surface area contributed by atoms with Gasteiger partial charge in [-0.3, -0.25) is 9.69 Å². The molecule has 0 radical (unpaired) electrons. The summed E-state index contributed by atoms with van der Waals surface area (Å²) in [6, 6.07) is 3.59. The molecule has 82 valence electrons. The average molecular weight is 217 g/mol. The molecular formula is C11H11N3O2. The van der Waals surface area contributed by atoms with Crippen LogP contribution in [0.1, 0.15) is 12.5 Å². The van der Waals surface area contributed by atoms with Gasteiger partial charge in [0.15, 0.2) is 11.6 Å². The highest BCUT2D eigenvalue weighted by molar-refractivity contribution is 5.95. The van der Waals surface area contributed by atoms with Gasteiger partial charge in [-0.1, -0.05) is 6.92 Å². The lowest BCUT2D eigenvalue weighted by atomic mass is 10.2. The van der Waals surface area contributed by atoms with Gasteiger partial charge >= 0.3 is 0 Å². The number of carbonyl (C=O) groups excluding carboxylic acids is 1. The monoisotopic (exact) mass is 217 g/mol. The van der Waals surface area contributed by atoms with Gasteiger partial charge in [0.2, 0.25) is 5.91 Å². The van der Waals surface area contributed by atoms with E-state index in [0.717, 1.165) is 0 Å². The lowest BCUT2D eigenvalue weighted by molar-refractivity contribution is -0.122. The number of hydrogen-bond acceptors (Lipinski definition) is 4. The smallest absolute Gasteiger partial charge is 0.234 e. The van der Waals surface area contributed by atoms with Crippen molar-refractivity contribution in [2.45, 2.75) is 6.92 Å². The fourth-order valence-corrected chi connectivity index (χ4v) is 1.58. The predicted octanol–water partition coefficient (Wildman–Crippen LogP) is 0.945. The number of fused-ring (bicyclic) bond motifs is 1. The Kier molecular flexibility index (Phi) is 2.49. The number of aromatic nitrogens is 1. The van der Waals surface area contributed by atoms with Crippen molar-refractivity contribution < 1.29 is 9.53 Å². The Hall–Kier alpha value is -2.09. The molecule has 0 bridgehead atoms. The summed E-state index contributed by atoms with van der Waals surface area (Å²) in [5.41, 5.74) is 0.425. The first kappa shape index (κ1) is 10.4. The quantitative estimate of drug-likeness (QED) is 0.648. The molecule has 1 amide bonds. The third kappa shape index (κ3) is 1.58. The molecule has 16 heavy (non-hydrogen) atoms. The van der Waals surface area contributed by atoms with Gasteiger partial charge in [0.1, 0.15) is 6.07 Å². The molecule has 0 fully saturated rings. The number of hydrogen-bond donors (Lipinski definition) is 0. The molecule has 0 N–H and O–H groups in total. The van der Waals surface area contributed by atoms with Crippen molar-refractivity contribution in [2.24, 2.45) is 5.92 Å². The lowest BCUT2D eigenvalue weighted by Gasteiger charge is -2.16. The molecule has 5 nitrogen and oxygen atoms in total. The van der Waals surface area contributed by atoms with Crippen LogP contribution in [0.25, 0.3) is 0 Å². The number of pyridine rings is 1. The molecular weight excluding hydrogens is 206 g/mol. The largest absolute Gasteiger partial charge is 0.489 e. The van der Waals surface area contributed by atoms with Crippen LogP contribution < -0.4 is 9.64 Å². The minimum Gasteiger partial charge on any atom is -0.489 e. The summed E-state index contributed by atoms with van der Waals surface area (Å²) >= 11 is 0. The number of carbonyl (C=O) groups is 1. The van der Waals surface area contributed by atoms with Crippen LogP contribution in [0, 0.1) is 17.2 Å². The molecule has 0 aliphatic carbocycles. The number of nitriles is 1. The molecule has 1 atom stereocenters. The summed E-state index contributed by atoms with van der Waals surface area (Å²) < 4.78 is 5.47. The SMILES string of the molecule is CC1COc2cc(C#N)cnc2N(C)C1=O. The highest BCUT2D eigenvalue weighted by Crippen LogP contribution is 2.29. The molecule has 0 spiro atoms. The Labute approximate surface area is 93.3 Å². The van der Waals surface area contributed by atoms with E-state index >= 15 is 0 Å². The van der Waals surface area contributed by atoms with E-state index in [1.54, 1.807) is 20.0 Å². The number of anilines is 1. The first-order chi connectivity index (χ1) is 7.63. The van der Waals surface area contributed by atoms with Crippen molar-refractivity contribution in [2.75, 3.05) is 18.6 Å². The first-order valence-corrected chi connectivity index (χ1v) is 4.94. The Morgan fingerprint density at radius 2 is 2.44 bits per heavy atom. The molecule has 1 aliphatic heterocycles. The second kappa shape index (κ2) is 3.81.